The molecule has 0 aliphatic carbocycles. The minimum atomic E-state index is -1.29. The number of rotatable bonds is 11. The fraction of sp³-hybridized carbons (Fsp3) is 0.583. The van der Waals surface area contributed by atoms with E-state index in [1.807, 2.05) is 11.8 Å². The molecule has 2 unspecified atom stereocenters. The summed E-state index contributed by atoms with van der Waals surface area (Å²) in [4.78, 5) is 18.5. The summed E-state index contributed by atoms with van der Waals surface area (Å²) in [6.45, 7) is 4.48. The lowest BCUT2D eigenvalue weighted by molar-refractivity contribution is -0.146. The Hall–Kier alpha value is -1.57. The number of thioether (sulfide) groups is 1. The van der Waals surface area contributed by atoms with Gasteiger partial charge in [-0.1, -0.05) is 18.5 Å². The first kappa shape index (κ1) is 25.1. The van der Waals surface area contributed by atoms with Crippen molar-refractivity contribution in [3.05, 3.63) is 35.0 Å². The van der Waals surface area contributed by atoms with Gasteiger partial charge in [-0.3, -0.25) is 9.78 Å². The highest BCUT2D eigenvalue weighted by Gasteiger charge is 2.34. The minimum Gasteiger partial charge on any atom is -0.497 e. The van der Waals surface area contributed by atoms with E-state index in [-0.39, 0.29) is 17.4 Å². The molecule has 8 heteroatoms. The SMILES string of the molecule is CCCSCCN1CCC(CC[C@@H](F)c2c(Cl)cnc3ccc(OC)cc23)C(C(=O)O)C1. The molecule has 3 rings (SSSR count). The van der Waals surface area contributed by atoms with Crippen LogP contribution in [0.5, 0.6) is 5.75 Å². The first-order valence-electron chi connectivity index (χ1n) is 11.2. The molecule has 0 bridgehead atoms. The third-order valence-electron chi connectivity index (χ3n) is 6.23. The lowest BCUT2D eigenvalue weighted by atomic mass is 9.81. The van der Waals surface area contributed by atoms with Crippen LogP contribution in [0.15, 0.2) is 24.4 Å². The van der Waals surface area contributed by atoms with Gasteiger partial charge in [0.1, 0.15) is 11.9 Å². The molecular formula is C24H32ClFN2O3S. The highest BCUT2D eigenvalue weighted by molar-refractivity contribution is 7.99. The Morgan fingerprint density at radius 3 is 2.97 bits per heavy atom. The molecule has 2 aromatic rings. The molecule has 0 amide bonds. The number of carboxylic acid groups (broad SMARTS) is 1. The van der Waals surface area contributed by atoms with Crippen molar-refractivity contribution in [1.82, 2.24) is 9.88 Å². The van der Waals surface area contributed by atoms with Crippen molar-refractivity contribution in [3.63, 3.8) is 0 Å². The maximum absolute atomic E-state index is 15.4. The number of carbonyl (C=O) groups is 1. The molecule has 176 valence electrons. The van der Waals surface area contributed by atoms with E-state index in [0.717, 1.165) is 37.4 Å². The summed E-state index contributed by atoms with van der Waals surface area (Å²) in [7, 11) is 1.56. The number of aromatic nitrogens is 1. The number of alkyl halides is 1. The molecular weight excluding hydrogens is 451 g/mol. The van der Waals surface area contributed by atoms with E-state index in [9.17, 15) is 9.90 Å². The Morgan fingerprint density at radius 2 is 2.25 bits per heavy atom. The van der Waals surface area contributed by atoms with Crippen LogP contribution in [-0.4, -0.2) is 59.2 Å². The third-order valence-corrected chi connectivity index (χ3v) is 7.70. The standard InChI is InChI=1S/C24H32ClFN2O3S/c1-3-11-32-12-10-28-9-8-16(19(15-28)24(29)30)4-6-21(26)23-18-13-17(31-2)5-7-22(18)27-14-20(23)25/h5,7,13-14,16,19,21H,3-4,6,8-12,15H2,1-2H3,(H,29,30)/t16?,19?,21-/m1/s1. The molecule has 1 aliphatic rings. The smallest absolute Gasteiger partial charge is 0.308 e. The Morgan fingerprint density at radius 1 is 1.44 bits per heavy atom. The Labute approximate surface area is 198 Å². The summed E-state index contributed by atoms with van der Waals surface area (Å²) >= 11 is 8.25. The van der Waals surface area contributed by atoms with Crippen LogP contribution in [0.1, 0.15) is 44.3 Å². The van der Waals surface area contributed by atoms with Crippen LogP contribution in [0.2, 0.25) is 5.02 Å². The van der Waals surface area contributed by atoms with Gasteiger partial charge >= 0.3 is 5.97 Å². The van der Waals surface area contributed by atoms with Gasteiger partial charge in [-0.15, -0.1) is 0 Å². The predicted octanol–water partition coefficient (Wildman–Crippen LogP) is 5.85. The average Bonchev–Trinajstić information content (AvgIpc) is 2.80. The molecule has 3 atom stereocenters. The van der Waals surface area contributed by atoms with Crippen LogP contribution >= 0.6 is 23.4 Å². The summed E-state index contributed by atoms with van der Waals surface area (Å²) in [5.41, 5.74) is 1.07. The second-order valence-corrected chi connectivity index (χ2v) is 9.99. The zero-order chi connectivity index (χ0) is 23.1. The van der Waals surface area contributed by atoms with Crippen molar-refractivity contribution >= 4 is 40.2 Å². The van der Waals surface area contributed by atoms with E-state index < -0.39 is 18.1 Å². The second kappa shape index (κ2) is 12.1. The number of halogens is 2. The number of carboxylic acids is 1. The van der Waals surface area contributed by atoms with Gasteiger partial charge < -0.3 is 14.7 Å². The van der Waals surface area contributed by atoms with Crippen LogP contribution in [0.3, 0.4) is 0 Å². The molecule has 0 radical (unpaired) electrons. The second-order valence-electron chi connectivity index (χ2n) is 8.35. The monoisotopic (exact) mass is 482 g/mol. The molecule has 1 N–H and O–H groups in total. The van der Waals surface area contributed by atoms with Gasteiger partial charge in [-0.25, -0.2) is 4.39 Å². The molecule has 32 heavy (non-hydrogen) atoms. The van der Waals surface area contributed by atoms with Gasteiger partial charge in [0.25, 0.3) is 0 Å². The normalized spacial score (nSPS) is 20.4. The first-order valence-corrected chi connectivity index (χ1v) is 12.8. The van der Waals surface area contributed by atoms with Gasteiger partial charge in [-0.2, -0.15) is 11.8 Å². The minimum absolute atomic E-state index is 0.0355. The lowest BCUT2D eigenvalue weighted by Crippen LogP contribution is -2.44. The molecule has 1 aromatic carbocycles. The maximum atomic E-state index is 15.4. The van der Waals surface area contributed by atoms with Crippen LogP contribution in [0, 0.1) is 11.8 Å². The van der Waals surface area contributed by atoms with E-state index >= 15 is 4.39 Å². The quantitative estimate of drug-likeness (QED) is 0.405. The molecule has 1 aliphatic heterocycles. The molecule has 0 saturated carbocycles. The average molecular weight is 483 g/mol. The number of fused-ring (bicyclic) bond motifs is 1. The fourth-order valence-corrected chi connectivity index (χ4v) is 5.60. The highest BCUT2D eigenvalue weighted by Crippen LogP contribution is 2.38. The van der Waals surface area contributed by atoms with E-state index in [1.54, 1.807) is 25.3 Å². The van der Waals surface area contributed by atoms with Crippen molar-refractivity contribution in [2.75, 3.05) is 38.2 Å². The van der Waals surface area contributed by atoms with Crippen LogP contribution in [-0.2, 0) is 4.79 Å². The Bertz CT molecular complexity index is 916. The van der Waals surface area contributed by atoms with Crippen molar-refractivity contribution in [3.8, 4) is 5.75 Å². The van der Waals surface area contributed by atoms with E-state index in [4.69, 9.17) is 16.3 Å². The number of nitrogens with zero attached hydrogens (tertiary/aromatic N) is 2. The van der Waals surface area contributed by atoms with Gasteiger partial charge in [0.2, 0.25) is 0 Å². The van der Waals surface area contributed by atoms with Gasteiger partial charge in [0, 0.05) is 36.0 Å². The number of methoxy groups -OCH3 is 1. The summed E-state index contributed by atoms with van der Waals surface area (Å²) in [5, 5.41) is 10.7. The van der Waals surface area contributed by atoms with Crippen molar-refractivity contribution in [2.45, 2.75) is 38.8 Å². The number of hydrogen-bond acceptors (Lipinski definition) is 5. The molecule has 1 saturated heterocycles. The summed E-state index contributed by atoms with van der Waals surface area (Å²) in [5.74, 6) is 1.49. The molecule has 1 aromatic heterocycles. The third kappa shape index (κ3) is 6.27. The number of hydrogen-bond donors (Lipinski definition) is 1. The highest BCUT2D eigenvalue weighted by atomic mass is 35.5. The zero-order valence-corrected chi connectivity index (χ0v) is 20.3. The molecule has 2 heterocycles. The van der Waals surface area contributed by atoms with Crippen LogP contribution < -0.4 is 4.74 Å². The largest absolute Gasteiger partial charge is 0.497 e. The van der Waals surface area contributed by atoms with Gasteiger partial charge in [0.05, 0.1) is 23.6 Å². The zero-order valence-electron chi connectivity index (χ0n) is 18.7. The number of benzene rings is 1. The number of likely N-dealkylation sites (tertiary alicyclic amines) is 1. The van der Waals surface area contributed by atoms with Gasteiger partial charge in [0.15, 0.2) is 0 Å². The van der Waals surface area contributed by atoms with E-state index in [0.29, 0.717) is 35.2 Å². The fourth-order valence-electron chi connectivity index (χ4n) is 4.45. The maximum Gasteiger partial charge on any atom is 0.308 e. The molecule has 1 fully saturated rings. The topological polar surface area (TPSA) is 62.7 Å². The number of ether oxygens (including phenoxy) is 1. The van der Waals surface area contributed by atoms with E-state index in [2.05, 4.69) is 16.8 Å². The Kier molecular flexibility index (Phi) is 9.44. The summed E-state index contributed by atoms with van der Waals surface area (Å²) in [6.07, 6.45) is 2.86. The first-order chi connectivity index (χ1) is 15.4. The van der Waals surface area contributed by atoms with E-state index in [1.165, 1.54) is 6.20 Å². The molecule has 0 spiro atoms. The number of piperidine rings is 1. The Balaban J connectivity index is 1.66. The number of aliphatic carboxylic acids is 1. The number of pyridine rings is 1. The summed E-state index contributed by atoms with van der Waals surface area (Å²) in [6, 6.07) is 5.33. The van der Waals surface area contributed by atoms with Crippen molar-refractivity contribution in [1.29, 1.82) is 0 Å². The van der Waals surface area contributed by atoms with Crippen LogP contribution in [0.25, 0.3) is 10.9 Å². The summed E-state index contributed by atoms with van der Waals surface area (Å²) < 4.78 is 20.7. The molecule has 5 nitrogen and oxygen atoms in total. The van der Waals surface area contributed by atoms with Crippen LogP contribution in [0.4, 0.5) is 4.39 Å². The van der Waals surface area contributed by atoms with Crippen molar-refractivity contribution in [2.24, 2.45) is 11.8 Å². The van der Waals surface area contributed by atoms with Crippen molar-refractivity contribution < 1.29 is 19.0 Å². The van der Waals surface area contributed by atoms with Gasteiger partial charge in [-0.05, 0) is 62.1 Å². The predicted molar refractivity (Wildman–Crippen MR) is 130 cm³/mol. The lowest BCUT2D eigenvalue weighted by Gasteiger charge is -2.36.